The molecule has 0 atom stereocenters. The van der Waals surface area contributed by atoms with Crippen molar-refractivity contribution in [3.05, 3.63) is 29.8 Å². The lowest BCUT2D eigenvalue weighted by Gasteiger charge is -2.27. The molecule has 0 bridgehead atoms. The molecular weight excluding hydrogens is 180 g/mol. The summed E-state index contributed by atoms with van der Waals surface area (Å²) >= 11 is 0. The van der Waals surface area contributed by atoms with Gasteiger partial charge in [-0.25, -0.2) is 0 Å². The summed E-state index contributed by atoms with van der Waals surface area (Å²) in [5.41, 5.74) is 0.638. The van der Waals surface area contributed by atoms with Gasteiger partial charge in [-0.2, -0.15) is 0 Å². The minimum Gasteiger partial charge on any atom is -0.485 e. The number of benzene rings is 1. The van der Waals surface area contributed by atoms with Crippen LogP contribution < -0.4 is 4.74 Å². The molecule has 14 heavy (non-hydrogen) atoms. The Morgan fingerprint density at radius 1 is 1.43 bits per heavy atom. The fraction of sp³-hybridized carbons (Fsp3) is 0.364. The van der Waals surface area contributed by atoms with Crippen molar-refractivity contribution in [2.24, 2.45) is 0 Å². The van der Waals surface area contributed by atoms with E-state index < -0.39 is 0 Å². The van der Waals surface area contributed by atoms with Crippen LogP contribution in [0.1, 0.15) is 17.3 Å². The highest BCUT2D eigenvalue weighted by atomic mass is 16.6. The third-order valence-corrected chi connectivity index (χ3v) is 2.17. The van der Waals surface area contributed by atoms with E-state index in [9.17, 15) is 4.79 Å². The first kappa shape index (κ1) is 9.21. The van der Waals surface area contributed by atoms with Crippen LogP contribution in [0.3, 0.4) is 0 Å². The van der Waals surface area contributed by atoms with Crippen molar-refractivity contribution in [1.82, 2.24) is 0 Å². The Labute approximate surface area is 82.6 Å². The van der Waals surface area contributed by atoms with Crippen molar-refractivity contribution in [1.29, 1.82) is 0 Å². The monoisotopic (exact) mass is 192 g/mol. The topological polar surface area (TPSA) is 35.5 Å². The van der Waals surface area contributed by atoms with Gasteiger partial charge in [-0.05, 0) is 19.1 Å². The molecule has 0 radical (unpaired) electrons. The van der Waals surface area contributed by atoms with E-state index >= 15 is 0 Å². The summed E-state index contributed by atoms with van der Waals surface area (Å²) in [6.45, 7) is 2.78. The van der Waals surface area contributed by atoms with E-state index in [2.05, 4.69) is 0 Å². The predicted molar refractivity (Wildman–Crippen MR) is 51.7 cm³/mol. The fourth-order valence-electron chi connectivity index (χ4n) is 1.32. The van der Waals surface area contributed by atoms with Crippen molar-refractivity contribution < 1.29 is 14.3 Å². The number of ether oxygens (including phenoxy) is 2. The molecule has 0 amide bonds. The van der Waals surface area contributed by atoms with Crippen LogP contribution in [0.15, 0.2) is 24.3 Å². The molecule has 3 nitrogen and oxygen atoms in total. The molecule has 1 aromatic rings. The zero-order valence-corrected chi connectivity index (χ0v) is 8.03. The van der Waals surface area contributed by atoms with Crippen LogP contribution in [-0.2, 0) is 4.74 Å². The molecule has 1 aliphatic heterocycles. The van der Waals surface area contributed by atoms with Crippen molar-refractivity contribution in [2.75, 3.05) is 13.2 Å². The van der Waals surface area contributed by atoms with Crippen molar-refractivity contribution >= 4 is 5.78 Å². The second-order valence-corrected chi connectivity index (χ2v) is 3.33. The number of para-hydroxylation sites is 1. The van der Waals surface area contributed by atoms with Crippen LogP contribution in [0.5, 0.6) is 5.75 Å². The van der Waals surface area contributed by atoms with E-state index in [0.29, 0.717) is 24.5 Å². The molecule has 1 saturated heterocycles. The standard InChI is InChI=1S/C11H12O3/c1-8(12)10-4-2-3-5-11(10)14-9-6-13-7-9/h2-5,9H,6-7H2,1H3. The fourth-order valence-corrected chi connectivity index (χ4v) is 1.32. The predicted octanol–water partition coefficient (Wildman–Crippen LogP) is 1.67. The Hall–Kier alpha value is -1.35. The van der Waals surface area contributed by atoms with Crippen LogP contribution >= 0.6 is 0 Å². The first-order chi connectivity index (χ1) is 6.77. The summed E-state index contributed by atoms with van der Waals surface area (Å²) < 4.78 is 10.6. The SMILES string of the molecule is CC(=O)c1ccccc1OC1COC1. The van der Waals surface area contributed by atoms with Gasteiger partial charge in [0.2, 0.25) is 0 Å². The van der Waals surface area contributed by atoms with Crippen LogP contribution in [0.4, 0.5) is 0 Å². The highest BCUT2D eigenvalue weighted by molar-refractivity contribution is 5.96. The molecule has 3 heteroatoms. The molecule has 0 saturated carbocycles. The number of ketones is 1. The summed E-state index contributed by atoms with van der Waals surface area (Å²) in [4.78, 5) is 11.2. The van der Waals surface area contributed by atoms with Gasteiger partial charge in [0, 0.05) is 0 Å². The summed E-state index contributed by atoms with van der Waals surface area (Å²) in [6.07, 6.45) is 0.107. The van der Waals surface area contributed by atoms with E-state index in [1.54, 1.807) is 13.0 Å². The van der Waals surface area contributed by atoms with Gasteiger partial charge in [0.05, 0.1) is 18.8 Å². The van der Waals surface area contributed by atoms with Gasteiger partial charge in [0.1, 0.15) is 11.9 Å². The van der Waals surface area contributed by atoms with Crippen LogP contribution in [0, 0.1) is 0 Å². The molecule has 0 aromatic heterocycles. The smallest absolute Gasteiger partial charge is 0.163 e. The minimum absolute atomic E-state index is 0.0286. The van der Waals surface area contributed by atoms with E-state index in [4.69, 9.17) is 9.47 Å². The molecule has 74 valence electrons. The molecule has 0 aliphatic carbocycles. The Bertz CT molecular complexity index is 342. The second-order valence-electron chi connectivity index (χ2n) is 3.33. The molecule has 1 aliphatic rings. The van der Waals surface area contributed by atoms with Gasteiger partial charge < -0.3 is 9.47 Å². The van der Waals surface area contributed by atoms with Gasteiger partial charge in [-0.3, -0.25) is 4.79 Å². The Morgan fingerprint density at radius 3 is 2.71 bits per heavy atom. The second kappa shape index (κ2) is 3.80. The summed E-state index contributed by atoms with van der Waals surface area (Å²) in [6, 6.07) is 7.29. The highest BCUT2D eigenvalue weighted by Crippen LogP contribution is 2.21. The molecular formula is C11H12O3. The van der Waals surface area contributed by atoms with E-state index in [1.807, 2.05) is 18.2 Å². The lowest BCUT2D eigenvalue weighted by molar-refractivity contribution is -0.0798. The normalized spacial score (nSPS) is 16.1. The maximum atomic E-state index is 11.2. The third kappa shape index (κ3) is 1.77. The number of carbonyl (C=O) groups is 1. The maximum absolute atomic E-state index is 11.2. The van der Waals surface area contributed by atoms with Crippen LogP contribution in [0.2, 0.25) is 0 Å². The molecule has 2 rings (SSSR count). The first-order valence-corrected chi connectivity index (χ1v) is 4.62. The Balaban J connectivity index is 2.17. The van der Waals surface area contributed by atoms with Crippen molar-refractivity contribution in [3.8, 4) is 5.75 Å². The molecule has 0 spiro atoms. The largest absolute Gasteiger partial charge is 0.485 e. The van der Waals surface area contributed by atoms with Gasteiger partial charge in [-0.15, -0.1) is 0 Å². The van der Waals surface area contributed by atoms with Crippen molar-refractivity contribution in [2.45, 2.75) is 13.0 Å². The molecule has 0 N–H and O–H groups in total. The summed E-state index contributed by atoms with van der Waals surface area (Å²) in [7, 11) is 0. The lowest BCUT2D eigenvalue weighted by atomic mass is 10.1. The zero-order valence-electron chi connectivity index (χ0n) is 8.03. The van der Waals surface area contributed by atoms with Crippen molar-refractivity contribution in [3.63, 3.8) is 0 Å². The quantitative estimate of drug-likeness (QED) is 0.683. The van der Waals surface area contributed by atoms with E-state index in [-0.39, 0.29) is 11.9 Å². The number of Topliss-reactive ketones (excluding diaryl/α,β-unsaturated/α-hetero) is 1. The number of carbonyl (C=O) groups excluding carboxylic acids is 1. The molecule has 0 unspecified atom stereocenters. The first-order valence-electron chi connectivity index (χ1n) is 4.62. The summed E-state index contributed by atoms with van der Waals surface area (Å²) in [5, 5.41) is 0. The van der Waals surface area contributed by atoms with Gasteiger partial charge in [0.25, 0.3) is 0 Å². The molecule has 1 fully saturated rings. The average Bonchev–Trinajstić information content (AvgIpc) is 2.12. The zero-order chi connectivity index (χ0) is 9.97. The van der Waals surface area contributed by atoms with Gasteiger partial charge >= 0.3 is 0 Å². The van der Waals surface area contributed by atoms with Gasteiger partial charge in [-0.1, -0.05) is 12.1 Å². The number of hydrogen-bond acceptors (Lipinski definition) is 3. The average molecular weight is 192 g/mol. The lowest BCUT2D eigenvalue weighted by Crippen LogP contribution is -2.38. The maximum Gasteiger partial charge on any atom is 0.163 e. The van der Waals surface area contributed by atoms with Crippen LogP contribution in [0.25, 0.3) is 0 Å². The number of rotatable bonds is 3. The highest BCUT2D eigenvalue weighted by Gasteiger charge is 2.21. The Kier molecular flexibility index (Phi) is 2.50. The molecule has 1 aromatic carbocycles. The van der Waals surface area contributed by atoms with E-state index in [0.717, 1.165) is 0 Å². The summed E-state index contributed by atoms with van der Waals surface area (Å²) in [5.74, 6) is 0.689. The van der Waals surface area contributed by atoms with E-state index in [1.165, 1.54) is 0 Å². The van der Waals surface area contributed by atoms with Gasteiger partial charge in [0.15, 0.2) is 5.78 Å². The van der Waals surface area contributed by atoms with Crippen LogP contribution in [-0.4, -0.2) is 25.1 Å². The number of hydrogen-bond donors (Lipinski definition) is 0. The molecule has 1 heterocycles. The minimum atomic E-state index is 0.0286. The Morgan fingerprint density at radius 2 is 2.14 bits per heavy atom. The third-order valence-electron chi connectivity index (χ3n) is 2.17.